The Morgan fingerprint density at radius 3 is 1.61 bits per heavy atom. The van der Waals surface area contributed by atoms with Gasteiger partial charge in [0.1, 0.15) is 6.04 Å². The van der Waals surface area contributed by atoms with Crippen LogP contribution >= 0.6 is 0 Å². The first-order chi connectivity index (χ1) is 6.43. The molecule has 0 heterocycles. The van der Waals surface area contributed by atoms with Crippen molar-refractivity contribution in [2.24, 2.45) is 0 Å². The third kappa shape index (κ3) is 20.7. The summed E-state index contributed by atoms with van der Waals surface area (Å²) in [6.07, 6.45) is -0.457. The summed E-state index contributed by atoms with van der Waals surface area (Å²) in [7, 11) is 0. The Balaban J connectivity index is -0.000000141. The summed E-state index contributed by atoms with van der Waals surface area (Å²) >= 11 is 0. The molecule has 0 aromatic rings. The predicted molar refractivity (Wildman–Crippen MR) is 72.5 cm³/mol. The van der Waals surface area contributed by atoms with Crippen LogP contribution in [0.2, 0.25) is 0 Å². The molecule has 0 bridgehead atoms. The van der Waals surface area contributed by atoms with E-state index in [9.17, 15) is 14.4 Å². The van der Waals surface area contributed by atoms with Crippen molar-refractivity contribution in [3.8, 4) is 0 Å². The summed E-state index contributed by atoms with van der Waals surface area (Å²) in [5.41, 5.74) is 0. The van der Waals surface area contributed by atoms with Crippen LogP contribution in [0.5, 0.6) is 0 Å². The second-order valence-electron chi connectivity index (χ2n) is 2.60. The zero-order chi connectivity index (χ0) is 11.1. The standard InChI is InChI=1S/C7H11NO6.4Na.4H/c9-5(10)2-1-4(7(13)14)8-3-6(11)12;;;;;;;;/h4,8H,1-3H2,(H,9,10)(H,11,12)(H,13,14);;;;;;;;/t4-;;;;;;;;/m0......../s1. The van der Waals surface area contributed by atoms with Crippen LogP contribution in [0.25, 0.3) is 0 Å². The van der Waals surface area contributed by atoms with E-state index in [0.29, 0.717) is 0 Å². The first-order valence-corrected chi connectivity index (χ1v) is 3.83. The summed E-state index contributed by atoms with van der Waals surface area (Å²) in [5, 5.41) is 27.3. The minimum absolute atomic E-state index is 0. The fraction of sp³-hybridized carbons (Fsp3) is 0.571. The minimum atomic E-state index is -1.26. The van der Waals surface area contributed by atoms with Gasteiger partial charge >= 0.3 is 136 Å². The number of carboxylic acids is 3. The maximum atomic E-state index is 10.5. The van der Waals surface area contributed by atoms with E-state index in [4.69, 9.17) is 15.3 Å². The Kier molecular flexibility index (Phi) is 34.8. The molecule has 0 amide bonds. The molecule has 0 saturated carbocycles. The SMILES string of the molecule is O=C(O)CC[C@H](NCC(=O)O)C(=O)O.[NaH].[NaH].[NaH].[NaH]. The molecule has 0 spiro atoms. The maximum absolute atomic E-state index is 10.5. The molecule has 0 aliphatic rings. The monoisotopic (exact) mass is 301 g/mol. The molecular weight excluding hydrogens is 286 g/mol. The molecular formula is C7H15NNa4O6. The van der Waals surface area contributed by atoms with Gasteiger partial charge in [-0.05, 0) is 6.42 Å². The average Bonchev–Trinajstić information content (AvgIpc) is 2.02. The second kappa shape index (κ2) is 19.4. The molecule has 88 valence electrons. The van der Waals surface area contributed by atoms with E-state index in [-0.39, 0.29) is 131 Å². The molecule has 0 rings (SSSR count). The van der Waals surface area contributed by atoms with Gasteiger partial charge in [-0.15, -0.1) is 0 Å². The molecule has 0 aliphatic heterocycles. The summed E-state index contributed by atoms with van der Waals surface area (Å²) in [5.74, 6) is -3.56. The van der Waals surface area contributed by atoms with Crippen molar-refractivity contribution in [3.05, 3.63) is 0 Å². The first kappa shape index (κ1) is 32.4. The van der Waals surface area contributed by atoms with Crippen LogP contribution in [-0.4, -0.2) is 164 Å². The van der Waals surface area contributed by atoms with E-state index in [1.54, 1.807) is 0 Å². The number of hydrogen-bond acceptors (Lipinski definition) is 4. The molecule has 0 saturated heterocycles. The van der Waals surface area contributed by atoms with E-state index < -0.39 is 30.5 Å². The zero-order valence-electron chi connectivity index (χ0n) is 7.27. The molecule has 11 heteroatoms. The molecule has 0 fully saturated rings. The average molecular weight is 301 g/mol. The van der Waals surface area contributed by atoms with Crippen LogP contribution in [0.3, 0.4) is 0 Å². The van der Waals surface area contributed by atoms with Gasteiger partial charge in [-0.3, -0.25) is 19.7 Å². The molecule has 4 N–H and O–H groups in total. The number of hydrogen-bond donors (Lipinski definition) is 4. The molecule has 1 atom stereocenters. The fourth-order valence-electron chi connectivity index (χ4n) is 0.791. The van der Waals surface area contributed by atoms with E-state index in [1.807, 2.05) is 0 Å². The summed E-state index contributed by atoms with van der Waals surface area (Å²) in [4.78, 5) is 30.7. The summed E-state index contributed by atoms with van der Waals surface area (Å²) < 4.78 is 0. The Morgan fingerprint density at radius 2 is 1.33 bits per heavy atom. The quantitative estimate of drug-likeness (QED) is 0.358. The van der Waals surface area contributed by atoms with Crippen molar-refractivity contribution in [1.29, 1.82) is 0 Å². The normalized spacial score (nSPS) is 9.33. The van der Waals surface area contributed by atoms with E-state index in [0.717, 1.165) is 0 Å². The number of carbonyl (C=O) groups is 3. The van der Waals surface area contributed by atoms with Crippen molar-refractivity contribution in [2.75, 3.05) is 6.54 Å². The molecule has 0 unspecified atom stereocenters. The van der Waals surface area contributed by atoms with Gasteiger partial charge in [0.15, 0.2) is 0 Å². The van der Waals surface area contributed by atoms with Crippen LogP contribution in [0.1, 0.15) is 12.8 Å². The zero-order valence-corrected chi connectivity index (χ0v) is 7.27. The van der Waals surface area contributed by atoms with Gasteiger partial charge in [-0.2, -0.15) is 0 Å². The van der Waals surface area contributed by atoms with Gasteiger partial charge in [-0.1, -0.05) is 0 Å². The molecule has 0 aliphatic carbocycles. The first-order valence-electron chi connectivity index (χ1n) is 3.83. The van der Waals surface area contributed by atoms with Crippen LogP contribution in [0.15, 0.2) is 0 Å². The number of nitrogens with one attached hydrogen (secondary N) is 1. The van der Waals surface area contributed by atoms with E-state index in [1.165, 1.54) is 0 Å². The van der Waals surface area contributed by atoms with Crippen LogP contribution < -0.4 is 5.32 Å². The number of carboxylic acid groups (broad SMARTS) is 3. The van der Waals surface area contributed by atoms with Crippen molar-refractivity contribution >= 4 is 136 Å². The van der Waals surface area contributed by atoms with Crippen LogP contribution in [-0.2, 0) is 14.4 Å². The van der Waals surface area contributed by atoms with Crippen molar-refractivity contribution in [2.45, 2.75) is 18.9 Å². The Labute approximate surface area is 193 Å². The van der Waals surface area contributed by atoms with Crippen LogP contribution in [0, 0.1) is 0 Å². The molecule has 0 aromatic carbocycles. The molecule has 7 nitrogen and oxygen atoms in total. The van der Waals surface area contributed by atoms with Crippen LogP contribution in [0.4, 0.5) is 0 Å². The van der Waals surface area contributed by atoms with Gasteiger partial charge in [0, 0.05) is 6.42 Å². The Morgan fingerprint density at radius 1 is 0.889 bits per heavy atom. The third-order valence-electron chi connectivity index (χ3n) is 1.44. The van der Waals surface area contributed by atoms with E-state index >= 15 is 0 Å². The van der Waals surface area contributed by atoms with Crippen molar-refractivity contribution in [3.63, 3.8) is 0 Å². The van der Waals surface area contributed by atoms with Gasteiger partial charge in [0.05, 0.1) is 6.54 Å². The van der Waals surface area contributed by atoms with E-state index in [2.05, 4.69) is 5.32 Å². The molecule has 18 heavy (non-hydrogen) atoms. The Bertz CT molecular complexity index is 234. The molecule has 0 radical (unpaired) electrons. The summed E-state index contributed by atoms with van der Waals surface area (Å²) in [6, 6.07) is -1.14. The number of rotatable bonds is 7. The Hall–Kier alpha value is 2.37. The topological polar surface area (TPSA) is 124 Å². The molecule has 0 aromatic heterocycles. The van der Waals surface area contributed by atoms with Crippen molar-refractivity contribution in [1.82, 2.24) is 5.32 Å². The van der Waals surface area contributed by atoms with Gasteiger partial charge in [0.25, 0.3) is 0 Å². The van der Waals surface area contributed by atoms with Gasteiger partial charge in [0.2, 0.25) is 0 Å². The fourth-order valence-corrected chi connectivity index (χ4v) is 0.791. The van der Waals surface area contributed by atoms with Crippen molar-refractivity contribution < 1.29 is 29.7 Å². The summed E-state index contributed by atoms with van der Waals surface area (Å²) in [6.45, 7) is -0.503. The third-order valence-corrected chi connectivity index (χ3v) is 1.44. The van der Waals surface area contributed by atoms with Gasteiger partial charge < -0.3 is 15.3 Å². The van der Waals surface area contributed by atoms with Gasteiger partial charge in [-0.25, -0.2) is 0 Å². The second-order valence-corrected chi connectivity index (χ2v) is 2.60. The number of aliphatic carboxylic acids is 3. The predicted octanol–water partition coefficient (Wildman–Crippen LogP) is -3.62.